The van der Waals surface area contributed by atoms with Crippen molar-refractivity contribution in [1.82, 2.24) is 9.55 Å². The highest BCUT2D eigenvalue weighted by atomic mass is 79.9. The molecule has 0 fully saturated rings. The van der Waals surface area contributed by atoms with Gasteiger partial charge >= 0.3 is 0 Å². The van der Waals surface area contributed by atoms with Gasteiger partial charge in [-0.05, 0) is 46.8 Å². The van der Waals surface area contributed by atoms with E-state index in [9.17, 15) is 0 Å². The molecule has 3 heterocycles. The van der Waals surface area contributed by atoms with Crippen molar-refractivity contribution in [2.45, 2.75) is 26.3 Å². The maximum atomic E-state index is 4.57. The van der Waals surface area contributed by atoms with E-state index in [0.717, 1.165) is 18.3 Å². The van der Waals surface area contributed by atoms with E-state index in [4.69, 9.17) is 0 Å². The van der Waals surface area contributed by atoms with E-state index in [1.165, 1.54) is 27.2 Å². The third kappa shape index (κ3) is 1.74. The minimum Gasteiger partial charge on any atom is -0.327 e. The third-order valence-electron chi connectivity index (χ3n) is 3.12. The standard InChI is InChI=1S/C12H13BrN2S/c1-8-2-3-9-6-14-12(15(9)7-8)10-4-5-11(13)16-10/h4-6,8H,2-3,7H2,1H3. The Hall–Kier alpha value is -0.610. The predicted octanol–water partition coefficient (Wildman–Crippen LogP) is 3.96. The molecule has 1 atom stereocenters. The summed E-state index contributed by atoms with van der Waals surface area (Å²) in [5.41, 5.74) is 1.39. The molecule has 4 heteroatoms. The number of aryl methyl sites for hydroxylation is 1. The van der Waals surface area contributed by atoms with Gasteiger partial charge < -0.3 is 4.57 Å². The molecule has 0 bridgehead atoms. The van der Waals surface area contributed by atoms with E-state index in [-0.39, 0.29) is 0 Å². The molecule has 0 amide bonds. The Morgan fingerprint density at radius 2 is 2.38 bits per heavy atom. The molecule has 0 saturated heterocycles. The van der Waals surface area contributed by atoms with E-state index in [1.54, 1.807) is 11.3 Å². The molecule has 84 valence electrons. The van der Waals surface area contributed by atoms with Crippen LogP contribution >= 0.6 is 27.3 Å². The molecule has 0 aromatic carbocycles. The van der Waals surface area contributed by atoms with Gasteiger partial charge in [-0.1, -0.05) is 6.92 Å². The third-order valence-corrected chi connectivity index (χ3v) is 4.74. The molecule has 1 aliphatic rings. The fourth-order valence-corrected chi connectivity index (χ4v) is 3.63. The quantitative estimate of drug-likeness (QED) is 0.779. The molecule has 0 N–H and O–H groups in total. The first-order valence-corrected chi connectivity index (χ1v) is 7.15. The topological polar surface area (TPSA) is 17.8 Å². The van der Waals surface area contributed by atoms with E-state index >= 15 is 0 Å². The molecule has 2 aromatic rings. The summed E-state index contributed by atoms with van der Waals surface area (Å²) >= 11 is 5.26. The van der Waals surface area contributed by atoms with Crippen molar-refractivity contribution in [3.63, 3.8) is 0 Å². The van der Waals surface area contributed by atoms with Crippen LogP contribution in [0.4, 0.5) is 0 Å². The van der Waals surface area contributed by atoms with Gasteiger partial charge in [0.15, 0.2) is 0 Å². The van der Waals surface area contributed by atoms with Crippen LogP contribution in [0.15, 0.2) is 22.1 Å². The summed E-state index contributed by atoms with van der Waals surface area (Å²) in [6.07, 6.45) is 4.49. The van der Waals surface area contributed by atoms with E-state index < -0.39 is 0 Å². The minimum absolute atomic E-state index is 0.767. The van der Waals surface area contributed by atoms with Crippen LogP contribution in [-0.4, -0.2) is 9.55 Å². The Morgan fingerprint density at radius 3 is 3.12 bits per heavy atom. The van der Waals surface area contributed by atoms with E-state index in [1.807, 2.05) is 6.20 Å². The number of thiophene rings is 1. The van der Waals surface area contributed by atoms with Crippen molar-refractivity contribution in [2.24, 2.45) is 5.92 Å². The number of rotatable bonds is 1. The lowest BCUT2D eigenvalue weighted by Gasteiger charge is -2.21. The Balaban J connectivity index is 2.06. The average molecular weight is 297 g/mol. The molecular weight excluding hydrogens is 284 g/mol. The molecule has 0 aliphatic carbocycles. The SMILES string of the molecule is CC1CCc2cnc(-c3ccc(Br)s3)n2C1. The normalized spacial score (nSPS) is 19.8. The van der Waals surface area contributed by atoms with Gasteiger partial charge in [-0.15, -0.1) is 11.3 Å². The molecule has 2 nitrogen and oxygen atoms in total. The molecule has 16 heavy (non-hydrogen) atoms. The van der Waals surface area contributed by atoms with Gasteiger partial charge in [-0.2, -0.15) is 0 Å². The maximum Gasteiger partial charge on any atom is 0.150 e. The zero-order valence-corrected chi connectivity index (χ0v) is 11.5. The fraction of sp³-hybridized carbons (Fsp3) is 0.417. The van der Waals surface area contributed by atoms with E-state index in [0.29, 0.717) is 0 Å². The first-order chi connectivity index (χ1) is 7.74. The predicted molar refractivity (Wildman–Crippen MR) is 70.7 cm³/mol. The fourth-order valence-electron chi connectivity index (χ4n) is 2.24. The van der Waals surface area contributed by atoms with Gasteiger partial charge in [0.05, 0.1) is 8.66 Å². The number of hydrogen-bond acceptors (Lipinski definition) is 2. The average Bonchev–Trinajstić information content (AvgIpc) is 2.83. The highest BCUT2D eigenvalue weighted by molar-refractivity contribution is 9.11. The number of imidazole rings is 1. The summed E-state index contributed by atoms with van der Waals surface area (Å²) in [6, 6.07) is 4.23. The zero-order chi connectivity index (χ0) is 11.1. The molecule has 0 spiro atoms. The number of nitrogens with zero attached hydrogens (tertiary/aromatic N) is 2. The second kappa shape index (κ2) is 4.00. The summed E-state index contributed by atoms with van der Waals surface area (Å²) in [6.45, 7) is 3.43. The van der Waals surface area contributed by atoms with E-state index in [2.05, 4.69) is 44.5 Å². The van der Waals surface area contributed by atoms with Crippen LogP contribution in [0, 0.1) is 5.92 Å². The van der Waals surface area contributed by atoms with Gasteiger partial charge in [0.25, 0.3) is 0 Å². The van der Waals surface area contributed by atoms with Gasteiger partial charge in [0.1, 0.15) is 5.82 Å². The first kappa shape index (κ1) is 10.5. The lowest BCUT2D eigenvalue weighted by Crippen LogP contribution is -2.17. The summed E-state index contributed by atoms with van der Waals surface area (Å²) in [4.78, 5) is 5.83. The van der Waals surface area contributed by atoms with Crippen molar-refractivity contribution in [2.75, 3.05) is 0 Å². The number of aromatic nitrogens is 2. The Bertz CT molecular complexity index is 515. The summed E-state index contributed by atoms with van der Waals surface area (Å²) in [5.74, 6) is 1.90. The highest BCUT2D eigenvalue weighted by Gasteiger charge is 2.19. The monoisotopic (exact) mass is 296 g/mol. The second-order valence-electron chi connectivity index (χ2n) is 4.43. The van der Waals surface area contributed by atoms with Crippen molar-refractivity contribution in [1.29, 1.82) is 0 Å². The summed E-state index contributed by atoms with van der Waals surface area (Å²) < 4.78 is 3.55. The molecular formula is C12H13BrN2S. The van der Waals surface area contributed by atoms with Crippen LogP contribution in [0.25, 0.3) is 10.7 Å². The Morgan fingerprint density at radius 1 is 1.50 bits per heavy atom. The molecule has 1 aliphatic heterocycles. The first-order valence-electron chi connectivity index (χ1n) is 5.54. The molecule has 0 saturated carbocycles. The largest absolute Gasteiger partial charge is 0.327 e. The second-order valence-corrected chi connectivity index (χ2v) is 6.89. The van der Waals surface area contributed by atoms with Gasteiger partial charge in [0.2, 0.25) is 0 Å². The van der Waals surface area contributed by atoms with Gasteiger partial charge in [-0.25, -0.2) is 4.98 Å². The van der Waals surface area contributed by atoms with Crippen LogP contribution in [0.5, 0.6) is 0 Å². The van der Waals surface area contributed by atoms with Crippen LogP contribution in [0.1, 0.15) is 19.0 Å². The van der Waals surface area contributed by atoms with Crippen molar-refractivity contribution in [3.05, 3.63) is 27.8 Å². The molecule has 1 unspecified atom stereocenters. The van der Waals surface area contributed by atoms with Crippen LogP contribution < -0.4 is 0 Å². The Kier molecular flexibility index (Phi) is 2.64. The highest BCUT2D eigenvalue weighted by Crippen LogP contribution is 2.33. The number of halogens is 1. The molecule has 3 rings (SSSR count). The van der Waals surface area contributed by atoms with Crippen molar-refractivity contribution < 1.29 is 0 Å². The minimum atomic E-state index is 0.767. The van der Waals surface area contributed by atoms with Crippen LogP contribution in [-0.2, 0) is 13.0 Å². The lowest BCUT2D eigenvalue weighted by atomic mass is 10.0. The summed E-state index contributed by atoms with van der Waals surface area (Å²) in [7, 11) is 0. The van der Waals surface area contributed by atoms with Gasteiger partial charge in [-0.3, -0.25) is 0 Å². The maximum absolute atomic E-state index is 4.57. The molecule has 2 aromatic heterocycles. The van der Waals surface area contributed by atoms with Crippen molar-refractivity contribution >= 4 is 27.3 Å². The van der Waals surface area contributed by atoms with Gasteiger partial charge in [0, 0.05) is 18.4 Å². The molecule has 0 radical (unpaired) electrons. The van der Waals surface area contributed by atoms with Crippen molar-refractivity contribution in [3.8, 4) is 10.7 Å². The summed E-state index contributed by atoms with van der Waals surface area (Å²) in [5, 5.41) is 0. The smallest absolute Gasteiger partial charge is 0.150 e. The number of fused-ring (bicyclic) bond motifs is 1. The van der Waals surface area contributed by atoms with Crippen LogP contribution in [0.3, 0.4) is 0 Å². The number of hydrogen-bond donors (Lipinski definition) is 0. The van der Waals surface area contributed by atoms with Crippen LogP contribution in [0.2, 0.25) is 0 Å². The lowest BCUT2D eigenvalue weighted by molar-refractivity contribution is 0.402. The Labute approximate surface area is 107 Å². The zero-order valence-electron chi connectivity index (χ0n) is 9.11.